The van der Waals surface area contributed by atoms with Crippen molar-refractivity contribution in [3.8, 4) is 27.6 Å². The van der Waals surface area contributed by atoms with Gasteiger partial charge in [0.25, 0.3) is 11.8 Å². The number of carbonyl (C=O) groups is 2. The fourth-order valence-corrected chi connectivity index (χ4v) is 4.68. The monoisotopic (exact) mass is 574 g/mol. The largest absolute Gasteiger partial charge is 0.573 e. The molecule has 7 nitrogen and oxygen atoms in total. The molecule has 2 N–H and O–H groups in total. The first-order valence-electron chi connectivity index (χ1n) is 12.2. The van der Waals surface area contributed by atoms with E-state index in [2.05, 4.69) is 25.3 Å². The Morgan fingerprint density at radius 2 is 1.54 bits per heavy atom. The molecule has 41 heavy (non-hydrogen) atoms. The van der Waals surface area contributed by atoms with E-state index in [0.717, 1.165) is 11.1 Å². The number of pyridine rings is 1. The molecule has 11 heteroatoms. The van der Waals surface area contributed by atoms with Crippen LogP contribution in [0.15, 0.2) is 96.5 Å². The van der Waals surface area contributed by atoms with Crippen LogP contribution in [0.3, 0.4) is 0 Å². The number of halogens is 3. The first kappa shape index (κ1) is 27.5. The van der Waals surface area contributed by atoms with Gasteiger partial charge in [0.2, 0.25) is 0 Å². The molecule has 2 amide bonds. The Hall–Kier alpha value is -5.03. The Kier molecular flexibility index (Phi) is 7.79. The maximum Gasteiger partial charge on any atom is 0.573 e. The van der Waals surface area contributed by atoms with E-state index in [1.165, 1.54) is 35.6 Å². The lowest BCUT2D eigenvalue weighted by atomic mass is 10.1. The molecular formula is C30H21F3N4O3S. The van der Waals surface area contributed by atoms with E-state index in [4.69, 9.17) is 0 Å². The van der Waals surface area contributed by atoms with Crippen LogP contribution in [-0.4, -0.2) is 28.1 Å². The average molecular weight is 575 g/mol. The normalized spacial score (nSPS) is 11.1. The van der Waals surface area contributed by atoms with E-state index in [1.807, 2.05) is 13.0 Å². The standard InChI is InChI=1S/C30H21F3N4O3S/c1-18-6-15-26(34-16-18)37-28(39)23-4-2-3-5-24(23)35-27(38)20-7-9-21(10-8-20)29-36-25(17-41-29)19-11-13-22(14-12-19)40-30(31,32)33/h2-17H,1H3,(H,35,38)(H,34,37,39). The molecule has 0 aliphatic heterocycles. The Morgan fingerprint density at radius 1 is 0.829 bits per heavy atom. The van der Waals surface area contributed by atoms with E-state index in [9.17, 15) is 22.8 Å². The molecule has 0 atom stereocenters. The summed E-state index contributed by atoms with van der Waals surface area (Å²) in [5.74, 6) is -0.715. The fraction of sp³-hybridized carbons (Fsp3) is 0.0667. The zero-order chi connectivity index (χ0) is 29.0. The second-order valence-corrected chi connectivity index (χ2v) is 9.72. The van der Waals surface area contributed by atoms with Gasteiger partial charge in [0.1, 0.15) is 16.6 Å². The highest BCUT2D eigenvalue weighted by atomic mass is 32.1. The van der Waals surface area contributed by atoms with Crippen LogP contribution in [0.5, 0.6) is 5.75 Å². The van der Waals surface area contributed by atoms with Gasteiger partial charge in [0.05, 0.1) is 16.9 Å². The number of nitrogens with one attached hydrogen (secondary N) is 2. The van der Waals surface area contributed by atoms with E-state index in [1.54, 1.807) is 66.2 Å². The summed E-state index contributed by atoms with van der Waals surface area (Å²) in [7, 11) is 0. The molecule has 0 unspecified atom stereocenters. The van der Waals surface area contributed by atoms with Crippen LogP contribution >= 0.6 is 11.3 Å². The predicted octanol–water partition coefficient (Wildman–Crippen LogP) is 7.58. The highest BCUT2D eigenvalue weighted by Crippen LogP contribution is 2.31. The molecule has 206 valence electrons. The molecule has 0 saturated carbocycles. The number of hydrogen-bond acceptors (Lipinski definition) is 6. The van der Waals surface area contributed by atoms with E-state index in [-0.39, 0.29) is 11.3 Å². The zero-order valence-corrected chi connectivity index (χ0v) is 22.2. The average Bonchev–Trinajstić information content (AvgIpc) is 3.45. The first-order valence-corrected chi connectivity index (χ1v) is 13.1. The summed E-state index contributed by atoms with van der Waals surface area (Å²) >= 11 is 1.36. The SMILES string of the molecule is Cc1ccc(NC(=O)c2ccccc2NC(=O)c2ccc(-c3nc(-c4ccc(OC(F)(F)F)cc4)cs3)cc2)nc1. The van der Waals surface area contributed by atoms with Crippen molar-refractivity contribution in [2.24, 2.45) is 0 Å². The molecule has 0 radical (unpaired) electrons. The summed E-state index contributed by atoms with van der Waals surface area (Å²) in [4.78, 5) is 34.6. The van der Waals surface area contributed by atoms with Gasteiger partial charge in [0, 0.05) is 28.3 Å². The number of carbonyl (C=O) groups excluding carboxylic acids is 2. The van der Waals surface area contributed by atoms with Gasteiger partial charge in [0.15, 0.2) is 0 Å². The zero-order valence-electron chi connectivity index (χ0n) is 21.4. The Morgan fingerprint density at radius 3 is 2.22 bits per heavy atom. The number of anilines is 2. The van der Waals surface area contributed by atoms with Gasteiger partial charge >= 0.3 is 6.36 Å². The lowest BCUT2D eigenvalue weighted by Gasteiger charge is -2.11. The number of aromatic nitrogens is 2. The van der Waals surface area contributed by atoms with Gasteiger partial charge in [-0.25, -0.2) is 9.97 Å². The number of rotatable bonds is 7. The molecule has 0 fully saturated rings. The van der Waals surface area contributed by atoms with Crippen molar-refractivity contribution < 1.29 is 27.5 Å². The Balaban J connectivity index is 1.26. The van der Waals surface area contributed by atoms with Crippen molar-refractivity contribution in [2.75, 3.05) is 10.6 Å². The van der Waals surface area contributed by atoms with Crippen LogP contribution in [0.4, 0.5) is 24.7 Å². The highest BCUT2D eigenvalue weighted by molar-refractivity contribution is 7.13. The number of ether oxygens (including phenoxy) is 1. The molecule has 2 aromatic heterocycles. The van der Waals surface area contributed by atoms with E-state index < -0.39 is 18.2 Å². The third kappa shape index (κ3) is 6.95. The number of benzene rings is 3. The van der Waals surface area contributed by atoms with Crippen molar-refractivity contribution in [3.63, 3.8) is 0 Å². The molecule has 0 spiro atoms. The van der Waals surface area contributed by atoms with Gasteiger partial charge in [-0.3, -0.25) is 9.59 Å². The molecule has 0 aliphatic rings. The van der Waals surface area contributed by atoms with E-state index >= 15 is 0 Å². The summed E-state index contributed by atoms with van der Waals surface area (Å²) in [6.07, 6.45) is -3.11. The van der Waals surface area contributed by atoms with Crippen molar-refractivity contribution >= 4 is 34.7 Å². The number of nitrogens with zero attached hydrogens (tertiary/aromatic N) is 2. The van der Waals surface area contributed by atoms with Crippen LogP contribution in [0.25, 0.3) is 21.8 Å². The molecule has 0 bridgehead atoms. The first-order chi connectivity index (χ1) is 19.6. The van der Waals surface area contributed by atoms with Crippen LogP contribution in [-0.2, 0) is 0 Å². The van der Waals surface area contributed by atoms with Gasteiger partial charge in [-0.05, 0) is 67.1 Å². The Bertz CT molecular complexity index is 1680. The summed E-state index contributed by atoms with van der Waals surface area (Å²) in [5, 5.41) is 7.99. The molecule has 3 aromatic carbocycles. The van der Waals surface area contributed by atoms with Crippen LogP contribution in [0.2, 0.25) is 0 Å². The highest BCUT2D eigenvalue weighted by Gasteiger charge is 2.31. The summed E-state index contributed by atoms with van der Waals surface area (Å²) in [6, 6.07) is 22.5. The predicted molar refractivity (Wildman–Crippen MR) is 151 cm³/mol. The molecule has 2 heterocycles. The molecule has 0 aliphatic carbocycles. The quantitative estimate of drug-likeness (QED) is 0.209. The maximum atomic E-state index is 13.0. The minimum Gasteiger partial charge on any atom is -0.406 e. The molecular weight excluding hydrogens is 553 g/mol. The minimum absolute atomic E-state index is 0.285. The lowest BCUT2D eigenvalue weighted by molar-refractivity contribution is -0.274. The number of thiazole rings is 1. The second-order valence-electron chi connectivity index (χ2n) is 8.86. The van der Waals surface area contributed by atoms with Crippen molar-refractivity contribution in [2.45, 2.75) is 13.3 Å². The fourth-order valence-electron chi connectivity index (χ4n) is 3.84. The van der Waals surface area contributed by atoms with Gasteiger partial charge < -0.3 is 15.4 Å². The van der Waals surface area contributed by atoms with Gasteiger partial charge in [-0.1, -0.05) is 30.3 Å². The number of alkyl halides is 3. The second kappa shape index (κ2) is 11.6. The Labute approximate surface area is 236 Å². The number of amides is 2. The van der Waals surface area contributed by atoms with Gasteiger partial charge in [-0.2, -0.15) is 0 Å². The summed E-state index contributed by atoms with van der Waals surface area (Å²) in [5.41, 5.74) is 3.97. The molecule has 0 saturated heterocycles. The smallest absolute Gasteiger partial charge is 0.406 e. The summed E-state index contributed by atoms with van der Waals surface area (Å²) < 4.78 is 41.1. The van der Waals surface area contributed by atoms with Crippen LogP contribution < -0.4 is 15.4 Å². The third-order valence-corrected chi connectivity index (χ3v) is 6.75. The number of para-hydroxylation sites is 1. The third-order valence-electron chi connectivity index (χ3n) is 5.85. The van der Waals surface area contributed by atoms with Crippen LogP contribution in [0.1, 0.15) is 26.3 Å². The minimum atomic E-state index is -4.75. The van der Waals surface area contributed by atoms with Gasteiger partial charge in [-0.15, -0.1) is 24.5 Å². The van der Waals surface area contributed by atoms with E-state index in [0.29, 0.717) is 33.3 Å². The molecule has 5 aromatic rings. The number of hydrogen-bond donors (Lipinski definition) is 2. The molecule has 5 rings (SSSR count). The van der Waals surface area contributed by atoms with Crippen molar-refractivity contribution in [1.29, 1.82) is 0 Å². The van der Waals surface area contributed by atoms with Crippen molar-refractivity contribution in [1.82, 2.24) is 9.97 Å². The maximum absolute atomic E-state index is 13.0. The van der Waals surface area contributed by atoms with Crippen LogP contribution in [0, 0.1) is 6.92 Å². The van der Waals surface area contributed by atoms with Crippen molar-refractivity contribution in [3.05, 3.63) is 113 Å². The number of aryl methyl sites for hydroxylation is 1. The lowest BCUT2D eigenvalue weighted by Crippen LogP contribution is -2.18. The topological polar surface area (TPSA) is 93.2 Å². The summed E-state index contributed by atoms with van der Waals surface area (Å²) in [6.45, 7) is 1.90.